The number of carbonyl (C=O) groups is 1. The lowest BCUT2D eigenvalue weighted by Gasteiger charge is -2.09. The van der Waals surface area contributed by atoms with Gasteiger partial charge in [0.05, 0.1) is 30.7 Å². The van der Waals surface area contributed by atoms with Crippen molar-refractivity contribution in [3.05, 3.63) is 17.8 Å². The summed E-state index contributed by atoms with van der Waals surface area (Å²) in [5.74, 6) is -0.848. The number of methoxy groups -OCH3 is 1. The van der Waals surface area contributed by atoms with Crippen LogP contribution < -0.4 is 11.1 Å². The summed E-state index contributed by atoms with van der Waals surface area (Å²) in [6.07, 6.45) is 2.18. The number of nitrogens with two attached hydrogens (primary N) is 1. The summed E-state index contributed by atoms with van der Waals surface area (Å²) in [6, 6.07) is 1.33. The molecule has 1 aromatic rings. The van der Waals surface area contributed by atoms with Gasteiger partial charge in [-0.05, 0) is 12.5 Å². The third kappa shape index (κ3) is 5.54. The third-order valence-corrected chi connectivity index (χ3v) is 2.37. The number of hydrogen-bond acceptors (Lipinski definition) is 6. The summed E-state index contributed by atoms with van der Waals surface area (Å²) in [5.41, 5.74) is 6.03. The first-order chi connectivity index (χ1) is 9.15. The summed E-state index contributed by atoms with van der Waals surface area (Å²) in [6.45, 7) is 2.30. The molecule has 0 bridgehead atoms. The second kappa shape index (κ2) is 8.28. The number of aromatic nitrogens is 1. The Morgan fingerprint density at radius 1 is 1.47 bits per heavy atom. The van der Waals surface area contributed by atoms with Crippen LogP contribution in [-0.4, -0.2) is 49.5 Å². The van der Waals surface area contributed by atoms with E-state index in [9.17, 15) is 4.79 Å². The number of anilines is 2. The van der Waals surface area contributed by atoms with Crippen LogP contribution in [0.1, 0.15) is 16.8 Å². The van der Waals surface area contributed by atoms with Gasteiger partial charge in [0.25, 0.3) is 0 Å². The molecule has 7 heteroatoms. The van der Waals surface area contributed by atoms with Crippen molar-refractivity contribution in [3.63, 3.8) is 0 Å². The quantitative estimate of drug-likeness (QED) is 0.570. The van der Waals surface area contributed by atoms with Crippen LogP contribution in [0.2, 0.25) is 0 Å². The molecule has 106 valence electrons. The predicted molar refractivity (Wildman–Crippen MR) is 71.4 cm³/mol. The molecule has 1 aromatic heterocycles. The number of pyridine rings is 1. The first kappa shape index (κ1) is 15.2. The zero-order chi connectivity index (χ0) is 14.1. The number of rotatable bonds is 9. The van der Waals surface area contributed by atoms with Crippen molar-refractivity contribution in [2.75, 3.05) is 44.5 Å². The van der Waals surface area contributed by atoms with E-state index in [0.717, 1.165) is 6.42 Å². The second-order valence-electron chi connectivity index (χ2n) is 3.85. The Labute approximate surface area is 111 Å². The number of aromatic carboxylic acids is 1. The molecule has 1 heterocycles. The predicted octanol–water partition coefficient (Wildman–Crippen LogP) is 0.827. The van der Waals surface area contributed by atoms with E-state index >= 15 is 0 Å². The molecule has 0 unspecified atom stereocenters. The van der Waals surface area contributed by atoms with Gasteiger partial charge in [0.15, 0.2) is 0 Å². The Morgan fingerprint density at radius 3 is 2.95 bits per heavy atom. The summed E-state index contributed by atoms with van der Waals surface area (Å²) in [4.78, 5) is 14.9. The highest BCUT2D eigenvalue weighted by Gasteiger charge is 2.10. The van der Waals surface area contributed by atoms with Crippen LogP contribution in [0.4, 0.5) is 11.5 Å². The van der Waals surface area contributed by atoms with Gasteiger partial charge in [-0.1, -0.05) is 0 Å². The van der Waals surface area contributed by atoms with Gasteiger partial charge in [0.2, 0.25) is 0 Å². The van der Waals surface area contributed by atoms with Gasteiger partial charge >= 0.3 is 5.97 Å². The average molecular weight is 269 g/mol. The summed E-state index contributed by atoms with van der Waals surface area (Å²) >= 11 is 0. The van der Waals surface area contributed by atoms with Gasteiger partial charge in [0, 0.05) is 20.3 Å². The van der Waals surface area contributed by atoms with Crippen LogP contribution in [0, 0.1) is 0 Å². The number of nitrogens with zero attached hydrogens (tertiary/aromatic N) is 1. The van der Waals surface area contributed by atoms with Gasteiger partial charge in [-0.15, -0.1) is 0 Å². The molecule has 0 fully saturated rings. The van der Waals surface area contributed by atoms with Crippen LogP contribution in [-0.2, 0) is 9.47 Å². The van der Waals surface area contributed by atoms with E-state index in [1.807, 2.05) is 0 Å². The Bertz CT molecular complexity index is 412. The number of nitrogen functional groups attached to an aromatic ring is 1. The molecule has 0 aromatic carbocycles. The first-order valence-electron chi connectivity index (χ1n) is 5.94. The number of carboxylic acids is 1. The Kier molecular flexibility index (Phi) is 6.62. The number of hydrogen-bond donors (Lipinski definition) is 3. The molecule has 4 N–H and O–H groups in total. The van der Waals surface area contributed by atoms with Gasteiger partial charge in [-0.25, -0.2) is 9.78 Å². The van der Waals surface area contributed by atoms with E-state index in [-0.39, 0.29) is 11.4 Å². The van der Waals surface area contributed by atoms with Crippen molar-refractivity contribution in [1.82, 2.24) is 4.98 Å². The van der Waals surface area contributed by atoms with Gasteiger partial charge in [-0.2, -0.15) is 0 Å². The molecule has 0 saturated carbocycles. The minimum absolute atomic E-state index is 0.118. The lowest BCUT2D eigenvalue weighted by atomic mass is 10.2. The van der Waals surface area contributed by atoms with Crippen molar-refractivity contribution in [2.45, 2.75) is 6.42 Å². The smallest absolute Gasteiger partial charge is 0.337 e. The third-order valence-electron chi connectivity index (χ3n) is 2.37. The van der Waals surface area contributed by atoms with E-state index in [1.165, 1.54) is 12.3 Å². The number of carboxylic acid groups (broad SMARTS) is 1. The van der Waals surface area contributed by atoms with E-state index in [0.29, 0.717) is 32.1 Å². The molecular weight excluding hydrogens is 250 g/mol. The topological polar surface area (TPSA) is 107 Å². The molecule has 1 rings (SSSR count). The normalized spacial score (nSPS) is 10.4. The molecule has 0 spiro atoms. The maximum absolute atomic E-state index is 11.0. The first-order valence-corrected chi connectivity index (χ1v) is 5.94. The van der Waals surface area contributed by atoms with Gasteiger partial charge in [0.1, 0.15) is 5.82 Å². The lowest BCUT2D eigenvalue weighted by molar-refractivity contribution is 0.0697. The maximum atomic E-state index is 11.0. The highest BCUT2D eigenvalue weighted by Crippen LogP contribution is 2.16. The Balaban J connectivity index is 2.35. The molecule has 0 aliphatic carbocycles. The average Bonchev–Trinajstić information content (AvgIpc) is 2.39. The molecule has 19 heavy (non-hydrogen) atoms. The van der Waals surface area contributed by atoms with E-state index < -0.39 is 5.97 Å². The molecule has 0 atom stereocenters. The molecular formula is C12H19N3O4. The largest absolute Gasteiger partial charge is 0.478 e. The standard InChI is InChI=1S/C12H19N3O4/c1-18-5-6-19-4-2-3-14-10-8-15-11(13)7-9(10)12(16)17/h7-8,14H,2-6H2,1H3,(H2,13,15)(H,16,17). The highest BCUT2D eigenvalue weighted by molar-refractivity contribution is 5.94. The summed E-state index contributed by atoms with van der Waals surface area (Å²) in [7, 11) is 1.62. The summed E-state index contributed by atoms with van der Waals surface area (Å²) < 4.78 is 10.1. The van der Waals surface area contributed by atoms with Crippen molar-refractivity contribution in [2.24, 2.45) is 0 Å². The zero-order valence-corrected chi connectivity index (χ0v) is 10.9. The van der Waals surface area contributed by atoms with Crippen LogP contribution in [0.3, 0.4) is 0 Å². The van der Waals surface area contributed by atoms with Crippen molar-refractivity contribution >= 4 is 17.5 Å². The molecule has 0 amide bonds. The fourth-order valence-electron chi connectivity index (χ4n) is 1.43. The van der Waals surface area contributed by atoms with Gasteiger partial charge < -0.3 is 25.6 Å². The summed E-state index contributed by atoms with van der Waals surface area (Å²) in [5, 5.41) is 12.0. The van der Waals surface area contributed by atoms with Crippen molar-refractivity contribution in [3.8, 4) is 0 Å². The molecule has 7 nitrogen and oxygen atoms in total. The van der Waals surface area contributed by atoms with Crippen molar-refractivity contribution in [1.29, 1.82) is 0 Å². The molecule has 0 saturated heterocycles. The second-order valence-corrected chi connectivity index (χ2v) is 3.85. The van der Waals surface area contributed by atoms with E-state index in [4.69, 9.17) is 20.3 Å². The van der Waals surface area contributed by atoms with E-state index in [2.05, 4.69) is 10.3 Å². The lowest BCUT2D eigenvalue weighted by Crippen LogP contribution is -2.11. The molecule has 0 radical (unpaired) electrons. The van der Waals surface area contributed by atoms with Crippen LogP contribution in [0.5, 0.6) is 0 Å². The van der Waals surface area contributed by atoms with E-state index in [1.54, 1.807) is 7.11 Å². The zero-order valence-electron chi connectivity index (χ0n) is 10.9. The monoisotopic (exact) mass is 269 g/mol. The van der Waals surface area contributed by atoms with Crippen LogP contribution >= 0.6 is 0 Å². The highest BCUT2D eigenvalue weighted by atomic mass is 16.5. The van der Waals surface area contributed by atoms with Crippen LogP contribution in [0.15, 0.2) is 12.3 Å². The minimum Gasteiger partial charge on any atom is -0.478 e. The maximum Gasteiger partial charge on any atom is 0.337 e. The number of nitrogens with one attached hydrogen (secondary N) is 1. The molecule has 0 aliphatic rings. The Morgan fingerprint density at radius 2 is 2.26 bits per heavy atom. The molecule has 0 aliphatic heterocycles. The Hall–Kier alpha value is -1.86. The van der Waals surface area contributed by atoms with Crippen molar-refractivity contribution < 1.29 is 19.4 Å². The number of ether oxygens (including phenoxy) is 2. The van der Waals surface area contributed by atoms with Crippen LogP contribution in [0.25, 0.3) is 0 Å². The minimum atomic E-state index is -1.03. The SMILES string of the molecule is COCCOCCCNc1cnc(N)cc1C(=O)O. The fourth-order valence-corrected chi connectivity index (χ4v) is 1.43. The van der Waals surface area contributed by atoms with Gasteiger partial charge in [-0.3, -0.25) is 0 Å². The fraction of sp³-hybridized carbons (Fsp3) is 0.500.